The highest BCUT2D eigenvalue weighted by Crippen LogP contribution is 2.31. The molecule has 0 aliphatic rings. The predicted octanol–water partition coefficient (Wildman–Crippen LogP) is 4.55. The Bertz CT molecular complexity index is 598. The van der Waals surface area contributed by atoms with E-state index in [2.05, 4.69) is 26.2 Å². The molecule has 2 rings (SSSR count). The van der Waals surface area contributed by atoms with Gasteiger partial charge in [-0.3, -0.25) is 4.68 Å². The summed E-state index contributed by atoms with van der Waals surface area (Å²) < 4.78 is 39.5. The van der Waals surface area contributed by atoms with Crippen molar-refractivity contribution in [3.05, 3.63) is 41.7 Å². The average Bonchev–Trinajstić information content (AvgIpc) is 2.87. The number of aromatic nitrogens is 3. The fourth-order valence-electron chi connectivity index (χ4n) is 1.62. The van der Waals surface area contributed by atoms with Crippen molar-refractivity contribution < 1.29 is 13.2 Å². The Morgan fingerprint density at radius 3 is 2.76 bits per heavy atom. The second-order valence-electron chi connectivity index (χ2n) is 4.40. The van der Waals surface area contributed by atoms with E-state index in [1.54, 1.807) is 10.7 Å². The van der Waals surface area contributed by atoms with Gasteiger partial charge in [-0.05, 0) is 25.1 Å². The van der Waals surface area contributed by atoms with E-state index in [0.717, 1.165) is 17.8 Å². The Kier molecular flexibility index (Phi) is 5.32. The smallest absolute Gasteiger partial charge is 0.251 e. The molecule has 0 saturated carbocycles. The Hall–Kier alpha value is -1.02. The van der Waals surface area contributed by atoms with Gasteiger partial charge in [0.1, 0.15) is 0 Å². The van der Waals surface area contributed by atoms with E-state index >= 15 is 0 Å². The lowest BCUT2D eigenvalue weighted by Gasteiger charge is -2.08. The van der Waals surface area contributed by atoms with Crippen molar-refractivity contribution in [2.45, 2.75) is 29.4 Å². The lowest BCUT2D eigenvalue weighted by Crippen LogP contribution is -2.05. The maximum absolute atomic E-state index is 12.6. The van der Waals surface area contributed by atoms with Crippen LogP contribution in [0.5, 0.6) is 0 Å². The number of benzene rings is 1. The minimum atomic E-state index is -4.30. The summed E-state index contributed by atoms with van der Waals surface area (Å²) in [6.45, 7) is 2.54. The van der Waals surface area contributed by atoms with Crippen LogP contribution in [0.4, 0.5) is 13.2 Å². The molecule has 0 radical (unpaired) electrons. The topological polar surface area (TPSA) is 30.7 Å². The first-order valence-corrected chi connectivity index (χ1v) is 8.10. The minimum Gasteiger partial charge on any atom is -0.251 e. The summed E-state index contributed by atoms with van der Waals surface area (Å²) in [4.78, 5) is 0.724. The molecule has 1 unspecified atom stereocenters. The summed E-state index contributed by atoms with van der Waals surface area (Å²) in [6.07, 6.45) is -2.48. The Labute approximate surface area is 133 Å². The number of alkyl halides is 4. The van der Waals surface area contributed by atoms with Crippen LogP contribution in [0.25, 0.3) is 0 Å². The van der Waals surface area contributed by atoms with Crippen molar-refractivity contribution in [2.24, 2.45) is 0 Å². The molecule has 3 nitrogen and oxygen atoms in total. The van der Waals surface area contributed by atoms with Crippen molar-refractivity contribution in [3.63, 3.8) is 0 Å². The molecule has 21 heavy (non-hydrogen) atoms. The van der Waals surface area contributed by atoms with Gasteiger partial charge in [0.15, 0.2) is 0 Å². The molecule has 8 heteroatoms. The van der Waals surface area contributed by atoms with Crippen LogP contribution >= 0.6 is 27.7 Å². The zero-order chi connectivity index (χ0) is 15.5. The molecule has 0 fully saturated rings. The third-order valence-electron chi connectivity index (χ3n) is 2.71. The Morgan fingerprint density at radius 2 is 2.14 bits per heavy atom. The zero-order valence-corrected chi connectivity index (χ0v) is 13.5. The fraction of sp³-hybridized carbons (Fsp3) is 0.385. The van der Waals surface area contributed by atoms with Crippen molar-refractivity contribution in [1.82, 2.24) is 15.0 Å². The van der Waals surface area contributed by atoms with Gasteiger partial charge in [0.25, 0.3) is 0 Å². The maximum Gasteiger partial charge on any atom is 0.416 e. The van der Waals surface area contributed by atoms with Crippen LogP contribution in [0.15, 0.2) is 35.4 Å². The molecule has 114 valence electrons. The molecule has 0 saturated heterocycles. The van der Waals surface area contributed by atoms with Gasteiger partial charge in [0, 0.05) is 16.8 Å². The number of hydrogen-bond donors (Lipinski definition) is 0. The van der Waals surface area contributed by atoms with Crippen molar-refractivity contribution in [2.75, 3.05) is 5.75 Å². The molecule has 1 aromatic heterocycles. The first-order chi connectivity index (χ1) is 9.86. The summed E-state index contributed by atoms with van der Waals surface area (Å²) in [5, 5.41) is 7.96. The quantitative estimate of drug-likeness (QED) is 0.564. The van der Waals surface area contributed by atoms with Gasteiger partial charge >= 0.3 is 6.18 Å². The summed E-state index contributed by atoms with van der Waals surface area (Å²) in [7, 11) is 0. The molecular weight excluding hydrogens is 367 g/mol. The van der Waals surface area contributed by atoms with Crippen LogP contribution in [-0.2, 0) is 12.7 Å². The van der Waals surface area contributed by atoms with E-state index in [1.165, 1.54) is 17.8 Å². The first-order valence-electron chi connectivity index (χ1n) is 6.20. The van der Waals surface area contributed by atoms with Crippen molar-refractivity contribution >= 4 is 27.7 Å². The van der Waals surface area contributed by atoms with E-state index in [0.29, 0.717) is 17.2 Å². The molecular formula is C13H13BrF3N3S. The molecule has 0 aliphatic carbocycles. The number of nitrogens with zero attached hydrogens (tertiary/aromatic N) is 3. The predicted molar refractivity (Wildman–Crippen MR) is 79.5 cm³/mol. The van der Waals surface area contributed by atoms with Crippen molar-refractivity contribution in [3.8, 4) is 0 Å². The fourth-order valence-corrected chi connectivity index (χ4v) is 2.73. The van der Waals surface area contributed by atoms with Gasteiger partial charge in [-0.15, -0.1) is 16.9 Å². The highest BCUT2D eigenvalue weighted by molar-refractivity contribution is 9.09. The Balaban J connectivity index is 1.91. The van der Waals surface area contributed by atoms with Gasteiger partial charge in [0.2, 0.25) is 0 Å². The molecule has 0 amide bonds. The maximum atomic E-state index is 12.6. The average molecular weight is 380 g/mol. The summed E-state index contributed by atoms with van der Waals surface area (Å²) in [6, 6.07) is 5.33. The van der Waals surface area contributed by atoms with Crippen LogP contribution < -0.4 is 0 Å². The first kappa shape index (κ1) is 16.4. The van der Waals surface area contributed by atoms with Crippen LogP contribution in [0.2, 0.25) is 0 Å². The Morgan fingerprint density at radius 1 is 1.38 bits per heavy atom. The third-order valence-corrected chi connectivity index (χ3v) is 4.16. The normalized spacial score (nSPS) is 13.4. The van der Waals surface area contributed by atoms with E-state index in [9.17, 15) is 13.2 Å². The van der Waals surface area contributed by atoms with Gasteiger partial charge in [0.05, 0.1) is 22.6 Å². The summed E-state index contributed by atoms with van der Waals surface area (Å²) in [5.74, 6) is 0.626. The van der Waals surface area contributed by atoms with Crippen molar-refractivity contribution in [1.29, 1.82) is 0 Å². The van der Waals surface area contributed by atoms with Crippen LogP contribution in [0.3, 0.4) is 0 Å². The number of thioether (sulfide) groups is 1. The van der Waals surface area contributed by atoms with Crippen LogP contribution in [-0.4, -0.2) is 20.7 Å². The molecule has 0 spiro atoms. The molecule has 1 heterocycles. The van der Waals surface area contributed by atoms with Crippen LogP contribution in [0, 0.1) is 0 Å². The molecule has 2 aromatic rings. The third kappa shape index (κ3) is 4.74. The van der Waals surface area contributed by atoms with Gasteiger partial charge in [-0.25, -0.2) is 0 Å². The number of hydrogen-bond acceptors (Lipinski definition) is 3. The number of rotatable bonds is 5. The zero-order valence-electron chi connectivity index (χ0n) is 11.1. The van der Waals surface area contributed by atoms with E-state index in [-0.39, 0.29) is 4.83 Å². The highest BCUT2D eigenvalue weighted by atomic mass is 79.9. The minimum absolute atomic E-state index is 0.127. The van der Waals surface area contributed by atoms with Gasteiger partial charge in [-0.1, -0.05) is 27.2 Å². The monoisotopic (exact) mass is 379 g/mol. The molecule has 1 aromatic carbocycles. The highest BCUT2D eigenvalue weighted by Gasteiger charge is 2.30. The second-order valence-corrected chi connectivity index (χ2v) is 6.94. The van der Waals surface area contributed by atoms with Gasteiger partial charge in [-0.2, -0.15) is 13.2 Å². The largest absolute Gasteiger partial charge is 0.416 e. The lowest BCUT2D eigenvalue weighted by molar-refractivity contribution is -0.137. The number of aryl methyl sites for hydroxylation is 1. The molecule has 0 bridgehead atoms. The van der Waals surface area contributed by atoms with E-state index in [1.807, 2.05) is 13.1 Å². The summed E-state index contributed by atoms with van der Waals surface area (Å²) >= 11 is 4.76. The number of halogens is 4. The second kappa shape index (κ2) is 6.83. The lowest BCUT2D eigenvalue weighted by atomic mass is 10.2. The summed E-state index contributed by atoms with van der Waals surface area (Å²) in [5.41, 5.74) is 0.211. The standard InChI is InChI=1S/C13H13BrF3N3S/c1-9(14)12-8-20(19-18-12)5-6-21-11-4-2-3-10(7-11)13(15,16)17/h2-4,7-9H,5-6H2,1H3. The van der Waals surface area contributed by atoms with E-state index < -0.39 is 11.7 Å². The molecule has 0 aliphatic heterocycles. The van der Waals surface area contributed by atoms with Crippen LogP contribution in [0.1, 0.15) is 23.0 Å². The van der Waals surface area contributed by atoms with E-state index in [4.69, 9.17) is 0 Å². The van der Waals surface area contributed by atoms with Gasteiger partial charge < -0.3 is 0 Å². The molecule has 1 atom stereocenters. The SMILES string of the molecule is CC(Br)c1cn(CCSc2cccc(C(F)(F)F)c2)nn1. The molecule has 0 N–H and O–H groups in total.